The molecule has 0 unspecified atom stereocenters. The van der Waals surface area contributed by atoms with Crippen molar-refractivity contribution in [2.24, 2.45) is 0 Å². The maximum atomic E-state index is 13.0. The lowest BCUT2D eigenvalue weighted by atomic mass is 10.1. The normalized spacial score (nSPS) is 14.5. The van der Waals surface area contributed by atoms with E-state index in [9.17, 15) is 9.59 Å². The molecular weight excluding hydrogens is 392 g/mol. The first-order valence-corrected chi connectivity index (χ1v) is 11.0. The molecule has 0 atom stereocenters. The van der Waals surface area contributed by atoms with Crippen LogP contribution in [0.3, 0.4) is 0 Å². The van der Waals surface area contributed by atoms with E-state index in [4.69, 9.17) is 4.74 Å². The van der Waals surface area contributed by atoms with E-state index in [1.165, 1.54) is 5.56 Å². The highest BCUT2D eigenvalue weighted by molar-refractivity contribution is 5.99. The number of carbonyl (C=O) groups is 2. The third kappa shape index (κ3) is 5.67. The molecule has 2 heterocycles. The van der Waals surface area contributed by atoms with Gasteiger partial charge in [0.25, 0.3) is 0 Å². The zero-order valence-electron chi connectivity index (χ0n) is 19.1. The lowest BCUT2D eigenvalue weighted by Crippen LogP contribution is -2.52. The Hall–Kier alpha value is -2.80. The average molecular weight is 427 g/mol. The van der Waals surface area contributed by atoms with Gasteiger partial charge in [-0.2, -0.15) is 0 Å². The first kappa shape index (κ1) is 22.9. The molecule has 1 aromatic heterocycles. The highest BCUT2D eigenvalue weighted by Gasteiger charge is 2.24. The number of ether oxygens (including phenoxy) is 1. The number of methoxy groups -OCH3 is 1. The minimum absolute atomic E-state index is 0.0196. The predicted octanol–water partition coefficient (Wildman–Crippen LogP) is 2.89. The monoisotopic (exact) mass is 426 g/mol. The van der Waals surface area contributed by atoms with Gasteiger partial charge in [-0.15, -0.1) is 0 Å². The molecule has 1 aliphatic heterocycles. The lowest BCUT2D eigenvalue weighted by Gasteiger charge is -2.34. The van der Waals surface area contributed by atoms with E-state index < -0.39 is 0 Å². The Morgan fingerprint density at radius 2 is 1.74 bits per heavy atom. The Balaban J connectivity index is 1.56. The molecule has 1 fully saturated rings. The van der Waals surface area contributed by atoms with Crippen molar-refractivity contribution >= 4 is 11.8 Å². The van der Waals surface area contributed by atoms with E-state index in [2.05, 4.69) is 33.8 Å². The summed E-state index contributed by atoms with van der Waals surface area (Å²) in [7, 11) is 1.67. The number of aromatic nitrogens is 1. The topological polar surface area (TPSA) is 66.8 Å². The molecule has 2 amide bonds. The minimum atomic E-state index is -0.0196. The van der Waals surface area contributed by atoms with Gasteiger partial charge in [-0.05, 0) is 51.0 Å². The second-order valence-electron chi connectivity index (χ2n) is 8.06. The Labute approximate surface area is 185 Å². The van der Waals surface area contributed by atoms with E-state index in [0.29, 0.717) is 26.2 Å². The highest BCUT2D eigenvalue weighted by atomic mass is 16.5. The van der Waals surface area contributed by atoms with Crippen molar-refractivity contribution in [2.45, 2.75) is 33.7 Å². The second kappa shape index (κ2) is 10.5. The number of ketones is 1. The van der Waals surface area contributed by atoms with E-state index in [-0.39, 0.29) is 11.8 Å². The van der Waals surface area contributed by atoms with Crippen molar-refractivity contribution in [1.82, 2.24) is 19.7 Å². The van der Waals surface area contributed by atoms with Crippen molar-refractivity contribution in [1.29, 1.82) is 0 Å². The summed E-state index contributed by atoms with van der Waals surface area (Å²) in [6.07, 6.45) is 0.899. The van der Waals surface area contributed by atoms with E-state index in [0.717, 1.165) is 48.8 Å². The Kier molecular flexibility index (Phi) is 7.74. The number of Topliss-reactive ketones (excluding diaryl/α,β-unsaturated/α-hetero) is 1. The van der Waals surface area contributed by atoms with Gasteiger partial charge in [-0.25, -0.2) is 4.79 Å². The summed E-state index contributed by atoms with van der Waals surface area (Å²) in [5.41, 5.74) is 4.18. The van der Waals surface area contributed by atoms with E-state index in [1.807, 2.05) is 36.9 Å². The summed E-state index contributed by atoms with van der Waals surface area (Å²) >= 11 is 0. The number of piperazine rings is 1. The number of amides is 2. The number of aryl methyl sites for hydroxylation is 2. The van der Waals surface area contributed by atoms with Crippen molar-refractivity contribution in [3.8, 4) is 5.75 Å². The number of rotatable bonds is 8. The van der Waals surface area contributed by atoms with Crippen LogP contribution >= 0.6 is 0 Å². The Bertz CT molecular complexity index is 896. The number of hydrogen-bond acceptors (Lipinski definition) is 4. The Morgan fingerprint density at radius 1 is 1.06 bits per heavy atom. The summed E-state index contributed by atoms with van der Waals surface area (Å²) in [4.78, 5) is 28.9. The molecule has 0 bridgehead atoms. The fraction of sp³-hybridized carbons (Fsp3) is 0.500. The first-order chi connectivity index (χ1) is 14.9. The molecule has 31 heavy (non-hydrogen) atoms. The molecule has 7 heteroatoms. The number of nitrogens with one attached hydrogen (secondary N) is 1. The van der Waals surface area contributed by atoms with E-state index >= 15 is 0 Å². The first-order valence-electron chi connectivity index (χ1n) is 11.0. The number of carbonyl (C=O) groups excluding carboxylic acids is 2. The Morgan fingerprint density at radius 3 is 2.35 bits per heavy atom. The van der Waals surface area contributed by atoms with Crippen molar-refractivity contribution in [2.75, 3.05) is 46.4 Å². The van der Waals surface area contributed by atoms with Crippen LogP contribution < -0.4 is 10.1 Å². The van der Waals surface area contributed by atoms with Crippen molar-refractivity contribution in [3.05, 3.63) is 52.8 Å². The summed E-state index contributed by atoms with van der Waals surface area (Å²) in [6, 6.07) is 10.1. The average Bonchev–Trinajstić information content (AvgIpc) is 3.06. The highest BCUT2D eigenvalue weighted by Crippen LogP contribution is 2.19. The van der Waals surface area contributed by atoms with Crippen LogP contribution in [0.15, 0.2) is 30.3 Å². The van der Waals surface area contributed by atoms with Gasteiger partial charge in [-0.3, -0.25) is 9.69 Å². The molecule has 0 radical (unpaired) electrons. The third-order valence-corrected chi connectivity index (χ3v) is 6.01. The molecule has 3 rings (SSSR count). The molecule has 0 saturated carbocycles. The van der Waals surface area contributed by atoms with Crippen LogP contribution in [0, 0.1) is 13.8 Å². The van der Waals surface area contributed by atoms with Crippen molar-refractivity contribution in [3.63, 3.8) is 0 Å². The molecule has 2 aromatic rings. The summed E-state index contributed by atoms with van der Waals surface area (Å²) in [5.74, 6) is 1.01. The van der Waals surface area contributed by atoms with Gasteiger partial charge in [0.1, 0.15) is 5.75 Å². The van der Waals surface area contributed by atoms with Gasteiger partial charge < -0.3 is 19.5 Å². The SMILES string of the molecule is CCNC(=O)N1CCN(CC(=O)c2cc(C)n(CCc3ccc(OC)cc3)c2C)CC1. The number of hydrogen-bond donors (Lipinski definition) is 1. The van der Waals surface area contributed by atoms with Crippen LogP contribution in [0.4, 0.5) is 4.79 Å². The zero-order chi connectivity index (χ0) is 22.4. The molecular formula is C24H34N4O3. The molecule has 1 saturated heterocycles. The number of benzene rings is 1. The van der Waals surface area contributed by atoms with Gasteiger partial charge in [0.05, 0.1) is 13.7 Å². The molecule has 0 aliphatic carbocycles. The maximum Gasteiger partial charge on any atom is 0.317 e. The van der Waals surface area contributed by atoms with Crippen LogP contribution in [-0.4, -0.2) is 72.6 Å². The summed E-state index contributed by atoms with van der Waals surface area (Å²) < 4.78 is 7.45. The molecule has 7 nitrogen and oxygen atoms in total. The minimum Gasteiger partial charge on any atom is -0.497 e. The molecule has 0 spiro atoms. The number of nitrogens with zero attached hydrogens (tertiary/aromatic N) is 3. The van der Waals surface area contributed by atoms with Gasteiger partial charge in [0.15, 0.2) is 5.78 Å². The van der Waals surface area contributed by atoms with E-state index in [1.54, 1.807) is 7.11 Å². The lowest BCUT2D eigenvalue weighted by molar-refractivity contribution is 0.0878. The molecule has 1 N–H and O–H groups in total. The summed E-state index contributed by atoms with van der Waals surface area (Å²) in [5, 5.41) is 2.84. The fourth-order valence-electron chi connectivity index (χ4n) is 4.12. The maximum absolute atomic E-state index is 13.0. The zero-order valence-corrected chi connectivity index (χ0v) is 19.1. The molecule has 1 aliphatic rings. The largest absolute Gasteiger partial charge is 0.497 e. The smallest absolute Gasteiger partial charge is 0.317 e. The van der Waals surface area contributed by atoms with Crippen LogP contribution in [0.1, 0.15) is 34.2 Å². The van der Waals surface area contributed by atoms with Crippen molar-refractivity contribution < 1.29 is 14.3 Å². The van der Waals surface area contributed by atoms with Crippen LogP contribution in [-0.2, 0) is 13.0 Å². The predicted molar refractivity (Wildman–Crippen MR) is 122 cm³/mol. The van der Waals surface area contributed by atoms with Crippen LogP contribution in [0.5, 0.6) is 5.75 Å². The third-order valence-electron chi connectivity index (χ3n) is 6.01. The summed E-state index contributed by atoms with van der Waals surface area (Å²) in [6.45, 7) is 10.6. The van der Waals surface area contributed by atoms with Gasteiger partial charge >= 0.3 is 6.03 Å². The second-order valence-corrected chi connectivity index (χ2v) is 8.06. The van der Waals surface area contributed by atoms with Crippen LogP contribution in [0.25, 0.3) is 0 Å². The standard InChI is InChI=1S/C24H34N4O3/c1-5-25-24(30)27-14-12-26(13-15-27)17-23(29)22-16-18(2)28(19(22)3)11-10-20-6-8-21(31-4)9-7-20/h6-9,16H,5,10-15,17H2,1-4H3,(H,25,30). The molecule has 1 aromatic carbocycles. The molecule has 168 valence electrons. The quantitative estimate of drug-likeness (QED) is 0.659. The van der Waals surface area contributed by atoms with Gasteiger partial charge in [0, 0.05) is 56.2 Å². The van der Waals surface area contributed by atoms with Gasteiger partial charge in [-0.1, -0.05) is 12.1 Å². The fourth-order valence-corrected chi connectivity index (χ4v) is 4.12. The van der Waals surface area contributed by atoms with Gasteiger partial charge in [0.2, 0.25) is 0 Å². The van der Waals surface area contributed by atoms with Crippen LogP contribution in [0.2, 0.25) is 0 Å². The number of urea groups is 1.